The Balaban J connectivity index is 2.24. The number of ether oxygens (including phenoxy) is 1. The fourth-order valence-corrected chi connectivity index (χ4v) is 1.72. The number of methoxy groups -OCH3 is 1. The molecule has 2 heterocycles. The van der Waals surface area contributed by atoms with E-state index in [1.807, 2.05) is 26.8 Å². The van der Waals surface area contributed by atoms with Crippen molar-refractivity contribution >= 4 is 0 Å². The molecule has 0 unspecified atom stereocenters. The second-order valence-corrected chi connectivity index (χ2v) is 5.33. The van der Waals surface area contributed by atoms with E-state index in [1.54, 1.807) is 30.3 Å². The van der Waals surface area contributed by atoms with Crippen LogP contribution >= 0.6 is 0 Å². The first-order valence-electron chi connectivity index (χ1n) is 6.05. The van der Waals surface area contributed by atoms with Crippen molar-refractivity contribution in [2.75, 3.05) is 7.11 Å². The molecular formula is C13H18N4O2. The van der Waals surface area contributed by atoms with E-state index in [-0.39, 0.29) is 11.2 Å². The van der Waals surface area contributed by atoms with Crippen LogP contribution < -0.4 is 10.4 Å². The van der Waals surface area contributed by atoms with Crippen LogP contribution in [-0.2, 0) is 12.1 Å². The third-order valence-electron chi connectivity index (χ3n) is 2.73. The first-order chi connectivity index (χ1) is 8.91. The van der Waals surface area contributed by atoms with Gasteiger partial charge in [0.05, 0.1) is 19.2 Å². The van der Waals surface area contributed by atoms with Crippen molar-refractivity contribution in [1.29, 1.82) is 0 Å². The van der Waals surface area contributed by atoms with Crippen LogP contribution in [0.4, 0.5) is 0 Å². The van der Waals surface area contributed by atoms with E-state index in [1.165, 1.54) is 4.68 Å². The maximum atomic E-state index is 12.2. The summed E-state index contributed by atoms with van der Waals surface area (Å²) in [6.45, 7) is 6.29. The minimum Gasteiger partial charge on any atom is -0.481 e. The molecule has 0 saturated carbocycles. The molecule has 6 nitrogen and oxygen atoms in total. The average Bonchev–Trinajstić information content (AvgIpc) is 2.72. The molecule has 0 amide bonds. The van der Waals surface area contributed by atoms with Crippen molar-refractivity contribution in [3.63, 3.8) is 0 Å². The molecule has 0 spiro atoms. The Morgan fingerprint density at radius 1 is 1.32 bits per heavy atom. The van der Waals surface area contributed by atoms with Gasteiger partial charge < -0.3 is 4.74 Å². The maximum absolute atomic E-state index is 12.2. The lowest BCUT2D eigenvalue weighted by atomic mass is 10.1. The lowest BCUT2D eigenvalue weighted by molar-refractivity contribution is 0.340. The van der Waals surface area contributed by atoms with Crippen molar-refractivity contribution in [2.24, 2.45) is 0 Å². The molecule has 0 saturated heterocycles. The fourth-order valence-electron chi connectivity index (χ4n) is 1.72. The van der Waals surface area contributed by atoms with Crippen LogP contribution in [-0.4, -0.2) is 26.4 Å². The molecular weight excluding hydrogens is 244 g/mol. The van der Waals surface area contributed by atoms with Crippen LogP contribution in [0.1, 0.15) is 26.3 Å². The van der Waals surface area contributed by atoms with Crippen LogP contribution in [0.3, 0.4) is 0 Å². The smallest absolute Gasteiger partial charge is 0.346 e. The third kappa shape index (κ3) is 2.83. The van der Waals surface area contributed by atoms with Crippen LogP contribution in [0.5, 0.6) is 5.88 Å². The Hall–Kier alpha value is -2.11. The Morgan fingerprint density at radius 3 is 2.53 bits per heavy atom. The molecule has 0 radical (unpaired) electrons. The molecule has 6 heteroatoms. The number of hydrogen-bond acceptors (Lipinski definition) is 4. The quantitative estimate of drug-likeness (QED) is 0.835. The summed E-state index contributed by atoms with van der Waals surface area (Å²) in [5.74, 6) is 0.557. The zero-order valence-electron chi connectivity index (χ0n) is 11.6. The fraction of sp³-hybridized carbons (Fsp3) is 0.462. The van der Waals surface area contributed by atoms with Crippen molar-refractivity contribution in [3.05, 3.63) is 40.7 Å². The maximum Gasteiger partial charge on any atom is 0.346 e. The van der Waals surface area contributed by atoms with Gasteiger partial charge in [-0.1, -0.05) is 6.07 Å². The Bertz CT molecular complexity index is 605. The SMILES string of the molecule is COc1ccc(Cn2cnn(C(C)(C)C)c2=O)cn1. The summed E-state index contributed by atoms with van der Waals surface area (Å²) in [5, 5.41) is 4.14. The number of hydrogen-bond donors (Lipinski definition) is 0. The topological polar surface area (TPSA) is 61.9 Å². The molecule has 2 aromatic rings. The molecule has 0 aliphatic carbocycles. The molecule has 0 bridgehead atoms. The van der Waals surface area contributed by atoms with E-state index in [9.17, 15) is 4.79 Å². The molecule has 0 aliphatic rings. The van der Waals surface area contributed by atoms with Gasteiger partial charge in [-0.3, -0.25) is 4.57 Å². The van der Waals surface area contributed by atoms with Crippen LogP contribution in [0, 0.1) is 0 Å². The Labute approximate surface area is 111 Å². The predicted molar refractivity (Wildman–Crippen MR) is 71.4 cm³/mol. The predicted octanol–water partition coefficient (Wildman–Crippen LogP) is 1.25. The molecule has 0 aliphatic heterocycles. The number of rotatable bonds is 3. The molecule has 0 aromatic carbocycles. The van der Waals surface area contributed by atoms with E-state index in [4.69, 9.17) is 4.74 Å². The Morgan fingerprint density at radius 2 is 2.05 bits per heavy atom. The van der Waals surface area contributed by atoms with E-state index in [0.717, 1.165) is 5.56 Å². The summed E-state index contributed by atoms with van der Waals surface area (Å²) in [4.78, 5) is 16.3. The summed E-state index contributed by atoms with van der Waals surface area (Å²) in [7, 11) is 1.57. The zero-order chi connectivity index (χ0) is 14.0. The third-order valence-corrected chi connectivity index (χ3v) is 2.73. The minimum absolute atomic E-state index is 0.122. The number of pyridine rings is 1. The number of nitrogens with zero attached hydrogens (tertiary/aromatic N) is 4. The second-order valence-electron chi connectivity index (χ2n) is 5.33. The van der Waals surface area contributed by atoms with Crippen molar-refractivity contribution < 1.29 is 4.74 Å². The highest BCUT2D eigenvalue weighted by Gasteiger charge is 2.18. The van der Waals surface area contributed by atoms with Gasteiger partial charge in [0.15, 0.2) is 0 Å². The van der Waals surface area contributed by atoms with Crippen LogP contribution in [0.2, 0.25) is 0 Å². The minimum atomic E-state index is -0.319. The summed E-state index contributed by atoms with van der Waals surface area (Å²) >= 11 is 0. The molecule has 102 valence electrons. The molecule has 0 N–H and O–H groups in total. The molecule has 0 fully saturated rings. The largest absolute Gasteiger partial charge is 0.481 e. The van der Waals surface area contributed by atoms with Gasteiger partial charge in [0, 0.05) is 12.3 Å². The average molecular weight is 262 g/mol. The van der Waals surface area contributed by atoms with E-state index < -0.39 is 0 Å². The van der Waals surface area contributed by atoms with Gasteiger partial charge in [0.1, 0.15) is 6.33 Å². The molecule has 2 rings (SSSR count). The molecule has 0 atom stereocenters. The van der Waals surface area contributed by atoms with E-state index in [0.29, 0.717) is 12.4 Å². The summed E-state index contributed by atoms with van der Waals surface area (Å²) in [6, 6.07) is 3.65. The first kappa shape index (κ1) is 13.3. The molecule has 19 heavy (non-hydrogen) atoms. The van der Waals surface area contributed by atoms with Gasteiger partial charge in [-0.15, -0.1) is 0 Å². The highest BCUT2D eigenvalue weighted by molar-refractivity contribution is 5.17. The van der Waals surface area contributed by atoms with Crippen molar-refractivity contribution in [3.8, 4) is 5.88 Å². The lowest BCUT2D eigenvalue weighted by Gasteiger charge is -2.16. The van der Waals surface area contributed by atoms with Gasteiger partial charge in [0.2, 0.25) is 5.88 Å². The van der Waals surface area contributed by atoms with Gasteiger partial charge in [-0.05, 0) is 26.3 Å². The molecule has 2 aromatic heterocycles. The highest BCUT2D eigenvalue weighted by atomic mass is 16.5. The Kier molecular flexibility index (Phi) is 3.42. The van der Waals surface area contributed by atoms with Crippen LogP contribution in [0.15, 0.2) is 29.5 Å². The van der Waals surface area contributed by atoms with E-state index in [2.05, 4.69) is 10.1 Å². The summed E-state index contributed by atoms with van der Waals surface area (Å²) < 4.78 is 8.04. The van der Waals surface area contributed by atoms with Crippen molar-refractivity contribution in [1.82, 2.24) is 19.3 Å². The number of aromatic nitrogens is 4. The normalized spacial score (nSPS) is 11.6. The van der Waals surface area contributed by atoms with Gasteiger partial charge >= 0.3 is 5.69 Å². The first-order valence-corrected chi connectivity index (χ1v) is 6.05. The second kappa shape index (κ2) is 4.87. The zero-order valence-corrected chi connectivity index (χ0v) is 11.6. The van der Waals surface area contributed by atoms with Crippen molar-refractivity contribution in [2.45, 2.75) is 32.9 Å². The highest BCUT2D eigenvalue weighted by Crippen LogP contribution is 2.10. The standard InChI is InChI=1S/C13H18N4O2/c1-13(2,3)17-12(18)16(9-15-17)8-10-5-6-11(19-4)14-7-10/h5-7,9H,8H2,1-4H3. The van der Waals surface area contributed by atoms with Gasteiger partial charge in [-0.2, -0.15) is 5.10 Å². The summed E-state index contributed by atoms with van der Waals surface area (Å²) in [6.07, 6.45) is 3.25. The van der Waals surface area contributed by atoms with Crippen LogP contribution in [0.25, 0.3) is 0 Å². The monoisotopic (exact) mass is 262 g/mol. The van der Waals surface area contributed by atoms with Gasteiger partial charge in [0.25, 0.3) is 0 Å². The summed E-state index contributed by atoms with van der Waals surface area (Å²) in [5.41, 5.74) is 0.486. The lowest BCUT2D eigenvalue weighted by Crippen LogP contribution is -2.35. The van der Waals surface area contributed by atoms with Gasteiger partial charge in [-0.25, -0.2) is 14.5 Å². The van der Waals surface area contributed by atoms with E-state index >= 15 is 0 Å².